The minimum Gasteiger partial charge on any atom is -0.412 e. The van der Waals surface area contributed by atoms with Crippen molar-refractivity contribution in [3.8, 4) is 0 Å². The van der Waals surface area contributed by atoms with E-state index in [2.05, 4.69) is 39.5 Å². The van der Waals surface area contributed by atoms with Crippen molar-refractivity contribution in [2.24, 2.45) is 0 Å². The van der Waals surface area contributed by atoms with Crippen molar-refractivity contribution in [1.82, 2.24) is 14.4 Å². The third-order valence-electron chi connectivity index (χ3n) is 6.75. The molecule has 3 aliphatic rings. The molecule has 1 aliphatic carbocycles. The number of benzene rings is 1. The average Bonchev–Trinajstić information content (AvgIpc) is 3.25. The van der Waals surface area contributed by atoms with Gasteiger partial charge in [-0.25, -0.2) is 0 Å². The zero-order valence-electron chi connectivity index (χ0n) is 17.3. The standard InChI is InChI=1S/C22H31N3O.2ClH.H2O/c1-16-7-8-20-19(13-16)18-5-4-6-21-22(18)25(20)12-11-24(21)15-17(26)14-23-9-2-3-10-23;;;/h7-8,13,17,21,26H,2-6,9-12,14-15H2,1H3;2*1H;1H2. The van der Waals surface area contributed by atoms with Crippen LogP contribution in [0.3, 0.4) is 0 Å². The summed E-state index contributed by atoms with van der Waals surface area (Å²) >= 11 is 0. The van der Waals surface area contributed by atoms with Crippen LogP contribution in [0.2, 0.25) is 0 Å². The summed E-state index contributed by atoms with van der Waals surface area (Å²) in [4.78, 5) is 5.01. The second-order valence-electron chi connectivity index (χ2n) is 8.60. The summed E-state index contributed by atoms with van der Waals surface area (Å²) in [5.41, 5.74) is 5.91. The molecule has 0 spiro atoms. The SMILES string of the molecule is Cc1ccc2c(c1)c1c3n2CCN(CC(O)CN2CCCC2)C3CCC1.Cl.Cl.O. The molecule has 0 bridgehead atoms. The quantitative estimate of drug-likeness (QED) is 0.788. The summed E-state index contributed by atoms with van der Waals surface area (Å²) in [6.45, 7) is 8.31. The van der Waals surface area contributed by atoms with E-state index in [9.17, 15) is 5.11 Å². The maximum absolute atomic E-state index is 10.7. The third-order valence-corrected chi connectivity index (χ3v) is 6.75. The van der Waals surface area contributed by atoms with E-state index in [4.69, 9.17) is 0 Å². The topological polar surface area (TPSA) is 63.1 Å². The number of hydrogen-bond acceptors (Lipinski definition) is 3. The summed E-state index contributed by atoms with van der Waals surface area (Å²) in [6.07, 6.45) is 6.08. The van der Waals surface area contributed by atoms with E-state index < -0.39 is 0 Å². The van der Waals surface area contributed by atoms with Gasteiger partial charge in [0.2, 0.25) is 0 Å². The summed E-state index contributed by atoms with van der Waals surface area (Å²) in [7, 11) is 0. The molecule has 7 heteroatoms. The van der Waals surface area contributed by atoms with Gasteiger partial charge < -0.3 is 20.0 Å². The lowest BCUT2D eigenvalue weighted by Crippen LogP contribution is -2.45. The van der Waals surface area contributed by atoms with Gasteiger partial charge in [0.25, 0.3) is 0 Å². The number of β-amino-alcohol motifs (C(OH)–C–C–N with tert-alkyl or cyclic N) is 1. The van der Waals surface area contributed by atoms with Crippen LogP contribution < -0.4 is 0 Å². The van der Waals surface area contributed by atoms with Crippen LogP contribution in [-0.2, 0) is 13.0 Å². The minimum atomic E-state index is -0.225. The van der Waals surface area contributed by atoms with Crippen LogP contribution in [-0.4, -0.2) is 63.8 Å². The molecule has 1 fully saturated rings. The van der Waals surface area contributed by atoms with E-state index in [1.165, 1.54) is 48.6 Å². The van der Waals surface area contributed by atoms with Gasteiger partial charge in [-0.2, -0.15) is 0 Å². The second-order valence-corrected chi connectivity index (χ2v) is 8.60. The molecule has 1 aromatic carbocycles. The Morgan fingerprint density at radius 1 is 1.03 bits per heavy atom. The van der Waals surface area contributed by atoms with E-state index in [0.29, 0.717) is 6.04 Å². The van der Waals surface area contributed by atoms with Crippen molar-refractivity contribution >= 4 is 35.7 Å². The number of rotatable bonds is 4. The van der Waals surface area contributed by atoms with Crippen LogP contribution in [0.5, 0.6) is 0 Å². The lowest BCUT2D eigenvalue weighted by molar-refractivity contribution is 0.0464. The Hall–Kier alpha value is -0.820. The molecule has 1 saturated heterocycles. The number of aromatic nitrogens is 1. The number of halogens is 2. The molecule has 164 valence electrons. The van der Waals surface area contributed by atoms with Crippen molar-refractivity contribution in [2.45, 2.75) is 57.7 Å². The average molecular weight is 444 g/mol. The van der Waals surface area contributed by atoms with E-state index in [0.717, 1.165) is 39.3 Å². The number of aliphatic hydroxyl groups excluding tert-OH is 1. The highest BCUT2D eigenvalue weighted by Gasteiger charge is 2.35. The molecule has 2 aliphatic heterocycles. The normalized spacial score (nSPS) is 22.3. The van der Waals surface area contributed by atoms with E-state index in [1.54, 1.807) is 11.3 Å². The highest BCUT2D eigenvalue weighted by atomic mass is 35.5. The molecule has 0 saturated carbocycles. The van der Waals surface area contributed by atoms with Gasteiger partial charge in [0.15, 0.2) is 0 Å². The Bertz CT molecular complexity index is 820. The number of likely N-dealkylation sites (tertiary alicyclic amines) is 1. The second kappa shape index (κ2) is 9.99. The number of aryl methyl sites for hydroxylation is 2. The minimum absolute atomic E-state index is 0. The third kappa shape index (κ3) is 4.46. The Balaban J connectivity index is 0.000001000. The zero-order valence-corrected chi connectivity index (χ0v) is 18.9. The molecule has 3 N–H and O–H groups in total. The van der Waals surface area contributed by atoms with Crippen molar-refractivity contribution < 1.29 is 10.6 Å². The van der Waals surface area contributed by atoms with E-state index >= 15 is 0 Å². The highest BCUT2D eigenvalue weighted by molar-refractivity contribution is 5.87. The first-order chi connectivity index (χ1) is 12.7. The van der Waals surface area contributed by atoms with Crippen LogP contribution in [0, 0.1) is 6.92 Å². The van der Waals surface area contributed by atoms with Gasteiger partial charge in [-0.05, 0) is 69.8 Å². The monoisotopic (exact) mass is 443 g/mol. The fourth-order valence-electron chi connectivity index (χ4n) is 5.60. The predicted octanol–water partition coefficient (Wildman–Crippen LogP) is 3.12. The largest absolute Gasteiger partial charge is 0.412 e. The molecule has 1 aromatic heterocycles. The smallest absolute Gasteiger partial charge is 0.0794 e. The van der Waals surface area contributed by atoms with Gasteiger partial charge in [0.05, 0.1) is 12.1 Å². The Kier molecular flexibility index (Phi) is 8.42. The predicted molar refractivity (Wildman–Crippen MR) is 124 cm³/mol. The molecular formula is C22H35Cl2N3O2. The fourth-order valence-corrected chi connectivity index (χ4v) is 5.60. The Morgan fingerprint density at radius 3 is 2.55 bits per heavy atom. The molecule has 2 aromatic rings. The lowest BCUT2D eigenvalue weighted by Gasteiger charge is -2.41. The molecule has 3 heterocycles. The zero-order chi connectivity index (χ0) is 17.7. The molecule has 0 radical (unpaired) electrons. The first-order valence-electron chi connectivity index (χ1n) is 10.5. The number of fused-ring (bicyclic) bond motifs is 3. The van der Waals surface area contributed by atoms with Crippen molar-refractivity contribution in [3.63, 3.8) is 0 Å². The molecule has 29 heavy (non-hydrogen) atoms. The molecule has 5 nitrogen and oxygen atoms in total. The maximum Gasteiger partial charge on any atom is 0.0794 e. The molecule has 0 amide bonds. The lowest BCUT2D eigenvalue weighted by atomic mass is 9.89. The molecule has 5 rings (SSSR count). The van der Waals surface area contributed by atoms with Crippen LogP contribution in [0.15, 0.2) is 18.2 Å². The van der Waals surface area contributed by atoms with Gasteiger partial charge in [0.1, 0.15) is 0 Å². The summed E-state index contributed by atoms with van der Waals surface area (Å²) in [5, 5.41) is 12.2. The summed E-state index contributed by atoms with van der Waals surface area (Å²) in [5.74, 6) is 0. The first-order valence-corrected chi connectivity index (χ1v) is 10.5. The summed E-state index contributed by atoms with van der Waals surface area (Å²) in [6, 6.07) is 7.44. The van der Waals surface area contributed by atoms with Gasteiger partial charge in [-0.15, -0.1) is 24.8 Å². The van der Waals surface area contributed by atoms with Gasteiger partial charge in [-0.3, -0.25) is 4.90 Å². The van der Waals surface area contributed by atoms with Crippen LogP contribution >= 0.6 is 24.8 Å². The Morgan fingerprint density at radius 2 is 1.79 bits per heavy atom. The van der Waals surface area contributed by atoms with Crippen LogP contribution in [0.4, 0.5) is 0 Å². The maximum atomic E-state index is 10.7. The van der Waals surface area contributed by atoms with E-state index in [-0.39, 0.29) is 36.4 Å². The number of hydrogen-bond donors (Lipinski definition) is 1. The number of aliphatic hydroxyl groups is 1. The Labute approximate surface area is 186 Å². The van der Waals surface area contributed by atoms with E-state index in [1.807, 2.05) is 0 Å². The van der Waals surface area contributed by atoms with Crippen LogP contribution in [0.25, 0.3) is 10.9 Å². The van der Waals surface area contributed by atoms with Crippen molar-refractivity contribution in [1.29, 1.82) is 0 Å². The van der Waals surface area contributed by atoms with Gasteiger partial charge in [-0.1, -0.05) is 11.6 Å². The van der Waals surface area contributed by atoms with Crippen LogP contribution in [0.1, 0.15) is 48.5 Å². The summed E-state index contributed by atoms with van der Waals surface area (Å²) < 4.78 is 2.58. The fraction of sp³-hybridized carbons (Fsp3) is 0.636. The molecular weight excluding hydrogens is 409 g/mol. The molecule has 2 unspecified atom stereocenters. The highest BCUT2D eigenvalue weighted by Crippen LogP contribution is 2.42. The van der Waals surface area contributed by atoms with Gasteiger partial charge >= 0.3 is 0 Å². The van der Waals surface area contributed by atoms with Crippen molar-refractivity contribution in [2.75, 3.05) is 32.7 Å². The number of nitrogens with zero attached hydrogens (tertiary/aromatic N) is 3. The first kappa shape index (κ1) is 24.4. The molecule has 2 atom stereocenters. The van der Waals surface area contributed by atoms with Gasteiger partial charge in [0, 0.05) is 42.8 Å². The van der Waals surface area contributed by atoms with Crippen molar-refractivity contribution in [3.05, 3.63) is 35.0 Å².